The average molecular weight is 258 g/mol. The third-order valence-corrected chi connectivity index (χ3v) is 3.74. The molecule has 102 valence electrons. The Morgan fingerprint density at radius 2 is 1.84 bits per heavy atom. The van der Waals surface area contributed by atoms with Crippen LogP contribution in [0.5, 0.6) is 0 Å². The highest BCUT2D eigenvalue weighted by Crippen LogP contribution is 2.24. The van der Waals surface area contributed by atoms with Crippen molar-refractivity contribution in [2.75, 3.05) is 0 Å². The number of benzene rings is 1. The topological polar surface area (TPSA) is 38.0 Å². The second-order valence-electron chi connectivity index (χ2n) is 5.30. The summed E-state index contributed by atoms with van der Waals surface area (Å²) in [6.07, 6.45) is 0.977. The van der Waals surface area contributed by atoms with Crippen molar-refractivity contribution in [2.45, 2.75) is 46.3 Å². The lowest BCUT2D eigenvalue weighted by Crippen LogP contribution is -2.28. The molecular formula is C16H22N2O. The molecule has 0 radical (unpaired) electrons. The lowest BCUT2D eigenvalue weighted by atomic mass is 9.96. The molecule has 1 heterocycles. The number of aryl methyl sites for hydroxylation is 1. The van der Waals surface area contributed by atoms with Gasteiger partial charge in [0.25, 0.3) is 0 Å². The minimum Gasteiger partial charge on any atom is -0.384 e. The average Bonchev–Trinajstić information content (AvgIpc) is 2.64. The minimum absolute atomic E-state index is 0.476. The van der Waals surface area contributed by atoms with Gasteiger partial charge in [0.1, 0.15) is 5.60 Å². The quantitative estimate of drug-likeness (QED) is 0.915. The smallest absolute Gasteiger partial charge is 0.106 e. The van der Waals surface area contributed by atoms with E-state index in [2.05, 4.69) is 18.9 Å². The van der Waals surface area contributed by atoms with Gasteiger partial charge in [-0.2, -0.15) is 5.10 Å². The van der Waals surface area contributed by atoms with E-state index in [9.17, 15) is 5.11 Å². The van der Waals surface area contributed by atoms with Crippen LogP contribution < -0.4 is 0 Å². The highest BCUT2D eigenvalue weighted by Gasteiger charge is 2.25. The van der Waals surface area contributed by atoms with E-state index >= 15 is 0 Å². The first-order chi connectivity index (χ1) is 8.95. The maximum Gasteiger partial charge on any atom is 0.106 e. The van der Waals surface area contributed by atoms with Crippen LogP contribution in [0.4, 0.5) is 0 Å². The van der Waals surface area contributed by atoms with Crippen LogP contribution >= 0.6 is 0 Å². The Balaban J connectivity index is 2.31. The molecule has 1 aromatic heterocycles. The Labute approximate surface area is 114 Å². The van der Waals surface area contributed by atoms with Gasteiger partial charge in [0, 0.05) is 5.69 Å². The van der Waals surface area contributed by atoms with E-state index in [-0.39, 0.29) is 0 Å². The maximum absolute atomic E-state index is 10.7. The second kappa shape index (κ2) is 5.17. The molecule has 19 heavy (non-hydrogen) atoms. The number of hydrogen-bond acceptors (Lipinski definition) is 2. The Morgan fingerprint density at radius 1 is 1.21 bits per heavy atom. The number of hydrogen-bond donors (Lipinski definition) is 1. The van der Waals surface area contributed by atoms with Crippen molar-refractivity contribution in [3.63, 3.8) is 0 Å². The van der Waals surface area contributed by atoms with Gasteiger partial charge in [-0.1, -0.05) is 37.3 Å². The van der Waals surface area contributed by atoms with Gasteiger partial charge in [0.15, 0.2) is 0 Å². The molecule has 2 rings (SSSR count). The molecule has 0 spiro atoms. The van der Waals surface area contributed by atoms with Crippen LogP contribution in [0, 0.1) is 13.8 Å². The van der Waals surface area contributed by atoms with Crippen molar-refractivity contribution in [3.8, 4) is 0 Å². The third-order valence-electron chi connectivity index (χ3n) is 3.74. The molecule has 0 bridgehead atoms. The minimum atomic E-state index is -0.907. The van der Waals surface area contributed by atoms with E-state index in [1.165, 1.54) is 5.56 Å². The standard InChI is InChI=1S/C16H22N2O/c1-5-15-12(2)17-18(13(15)3)11-16(4,19)14-9-7-6-8-10-14/h6-10,19H,5,11H2,1-4H3. The highest BCUT2D eigenvalue weighted by atomic mass is 16.3. The first-order valence-electron chi connectivity index (χ1n) is 6.76. The molecule has 3 heteroatoms. The Kier molecular flexibility index (Phi) is 3.76. The zero-order valence-corrected chi connectivity index (χ0v) is 12.1. The number of nitrogens with zero attached hydrogens (tertiary/aromatic N) is 2. The molecule has 1 atom stereocenters. The van der Waals surface area contributed by atoms with E-state index in [1.54, 1.807) is 0 Å². The molecule has 0 aliphatic heterocycles. The van der Waals surface area contributed by atoms with Crippen molar-refractivity contribution in [1.82, 2.24) is 9.78 Å². The molecular weight excluding hydrogens is 236 g/mol. The van der Waals surface area contributed by atoms with E-state index in [0.29, 0.717) is 6.54 Å². The predicted molar refractivity (Wildman–Crippen MR) is 77.1 cm³/mol. The SMILES string of the molecule is CCc1c(C)nn(CC(C)(O)c2ccccc2)c1C. The summed E-state index contributed by atoms with van der Waals surface area (Å²) in [7, 11) is 0. The molecule has 0 saturated carbocycles. The number of rotatable bonds is 4. The lowest BCUT2D eigenvalue weighted by molar-refractivity contribution is 0.0339. The van der Waals surface area contributed by atoms with Gasteiger partial charge in [0.05, 0.1) is 12.2 Å². The van der Waals surface area contributed by atoms with Gasteiger partial charge in [-0.15, -0.1) is 0 Å². The fourth-order valence-electron chi connectivity index (χ4n) is 2.58. The van der Waals surface area contributed by atoms with E-state index in [0.717, 1.165) is 23.4 Å². The third kappa shape index (κ3) is 2.71. The molecule has 0 fully saturated rings. The largest absolute Gasteiger partial charge is 0.384 e. The van der Waals surface area contributed by atoms with Gasteiger partial charge in [-0.25, -0.2) is 0 Å². The van der Waals surface area contributed by atoms with Crippen molar-refractivity contribution in [2.24, 2.45) is 0 Å². The molecule has 0 amide bonds. The van der Waals surface area contributed by atoms with Gasteiger partial charge in [0.2, 0.25) is 0 Å². The molecule has 0 saturated heterocycles. The van der Waals surface area contributed by atoms with E-state index < -0.39 is 5.60 Å². The van der Waals surface area contributed by atoms with Crippen LogP contribution in [0.3, 0.4) is 0 Å². The van der Waals surface area contributed by atoms with Crippen LogP contribution in [-0.2, 0) is 18.6 Å². The summed E-state index contributed by atoms with van der Waals surface area (Å²) in [4.78, 5) is 0. The summed E-state index contributed by atoms with van der Waals surface area (Å²) < 4.78 is 1.92. The first-order valence-corrected chi connectivity index (χ1v) is 6.76. The van der Waals surface area contributed by atoms with Gasteiger partial charge < -0.3 is 5.11 Å². The second-order valence-corrected chi connectivity index (χ2v) is 5.30. The summed E-state index contributed by atoms with van der Waals surface area (Å²) in [5.41, 5.74) is 3.50. The zero-order valence-electron chi connectivity index (χ0n) is 12.1. The molecule has 1 unspecified atom stereocenters. The molecule has 1 aromatic carbocycles. The van der Waals surface area contributed by atoms with Crippen LogP contribution in [0.1, 0.15) is 36.4 Å². The predicted octanol–water partition coefficient (Wildman–Crippen LogP) is 2.97. The van der Waals surface area contributed by atoms with Crippen molar-refractivity contribution < 1.29 is 5.11 Å². The highest BCUT2D eigenvalue weighted by molar-refractivity contribution is 5.26. The van der Waals surface area contributed by atoms with Crippen molar-refractivity contribution in [1.29, 1.82) is 0 Å². The lowest BCUT2D eigenvalue weighted by Gasteiger charge is -2.24. The zero-order chi connectivity index (χ0) is 14.0. The van der Waals surface area contributed by atoms with Gasteiger partial charge in [-0.05, 0) is 38.3 Å². The van der Waals surface area contributed by atoms with Crippen molar-refractivity contribution >= 4 is 0 Å². The summed E-state index contributed by atoms with van der Waals surface area (Å²) in [6, 6.07) is 9.75. The summed E-state index contributed by atoms with van der Waals surface area (Å²) >= 11 is 0. The van der Waals surface area contributed by atoms with Crippen LogP contribution in [0.15, 0.2) is 30.3 Å². The van der Waals surface area contributed by atoms with Crippen LogP contribution in [-0.4, -0.2) is 14.9 Å². The molecule has 2 aromatic rings. The molecule has 0 aliphatic rings. The fraction of sp³-hybridized carbons (Fsp3) is 0.438. The maximum atomic E-state index is 10.7. The molecule has 3 nitrogen and oxygen atoms in total. The monoisotopic (exact) mass is 258 g/mol. The first kappa shape index (κ1) is 13.8. The summed E-state index contributed by atoms with van der Waals surface area (Å²) in [5, 5.41) is 15.2. The Bertz CT molecular complexity index is 556. The van der Waals surface area contributed by atoms with Crippen LogP contribution in [0.25, 0.3) is 0 Å². The Hall–Kier alpha value is -1.61. The summed E-state index contributed by atoms with van der Waals surface area (Å²) in [5.74, 6) is 0. The Morgan fingerprint density at radius 3 is 2.37 bits per heavy atom. The van der Waals surface area contributed by atoms with Crippen LogP contribution in [0.2, 0.25) is 0 Å². The number of aromatic nitrogens is 2. The normalized spacial score (nSPS) is 14.4. The molecule has 0 aliphatic carbocycles. The number of aliphatic hydroxyl groups is 1. The van der Waals surface area contributed by atoms with Gasteiger partial charge >= 0.3 is 0 Å². The van der Waals surface area contributed by atoms with E-state index in [4.69, 9.17) is 0 Å². The van der Waals surface area contributed by atoms with Crippen molar-refractivity contribution in [3.05, 3.63) is 52.8 Å². The summed E-state index contributed by atoms with van der Waals surface area (Å²) in [6.45, 7) is 8.55. The molecule has 1 N–H and O–H groups in total. The fourth-order valence-corrected chi connectivity index (χ4v) is 2.58. The van der Waals surface area contributed by atoms with Gasteiger partial charge in [-0.3, -0.25) is 4.68 Å². The van der Waals surface area contributed by atoms with E-state index in [1.807, 2.05) is 48.9 Å².